The van der Waals surface area contributed by atoms with Crippen molar-refractivity contribution in [1.82, 2.24) is 0 Å². The number of sulfonamides is 1. The lowest BCUT2D eigenvalue weighted by atomic mass is 9.89. The summed E-state index contributed by atoms with van der Waals surface area (Å²) in [6.45, 7) is 2.09. The van der Waals surface area contributed by atoms with Crippen LogP contribution in [0, 0.1) is 16.0 Å². The van der Waals surface area contributed by atoms with Gasteiger partial charge in [-0.2, -0.15) is 0 Å². The van der Waals surface area contributed by atoms with E-state index in [1.54, 1.807) is 6.07 Å². The summed E-state index contributed by atoms with van der Waals surface area (Å²) >= 11 is 0. The number of nitrogens with two attached hydrogens (primary N) is 1. The first-order chi connectivity index (χ1) is 11.4. The van der Waals surface area contributed by atoms with Gasteiger partial charge in [-0.15, -0.1) is 0 Å². The lowest BCUT2D eigenvalue weighted by molar-refractivity contribution is -0.387. The van der Waals surface area contributed by atoms with Gasteiger partial charge in [-0.25, -0.2) is 13.6 Å². The maximum absolute atomic E-state index is 11.7. The van der Waals surface area contributed by atoms with Gasteiger partial charge in [0.25, 0.3) is 0 Å². The summed E-state index contributed by atoms with van der Waals surface area (Å²) in [5.41, 5.74) is -0.118. The zero-order valence-corrected chi connectivity index (χ0v) is 14.1. The smallest absolute Gasteiger partial charge is 0.312 e. The Morgan fingerprint density at radius 1 is 1.25 bits per heavy atom. The molecule has 24 heavy (non-hydrogen) atoms. The van der Waals surface area contributed by atoms with E-state index in [0.29, 0.717) is 24.7 Å². The van der Waals surface area contributed by atoms with Crippen molar-refractivity contribution in [3.8, 4) is 0 Å². The summed E-state index contributed by atoms with van der Waals surface area (Å²) in [5.74, 6) is 0.462. The van der Waals surface area contributed by atoms with Gasteiger partial charge >= 0.3 is 5.69 Å². The van der Waals surface area contributed by atoms with Crippen molar-refractivity contribution in [2.75, 3.05) is 24.6 Å². The van der Waals surface area contributed by atoms with Crippen molar-refractivity contribution in [3.05, 3.63) is 28.3 Å². The fourth-order valence-corrected chi connectivity index (χ4v) is 4.38. The second-order valence-corrected chi connectivity index (χ2v) is 7.83. The molecule has 2 saturated heterocycles. The third-order valence-electron chi connectivity index (χ3n) is 4.84. The number of anilines is 1. The number of piperidine rings is 1. The normalized spacial score (nSPS) is 22.7. The van der Waals surface area contributed by atoms with Gasteiger partial charge in [-0.1, -0.05) is 6.07 Å². The van der Waals surface area contributed by atoms with E-state index in [4.69, 9.17) is 9.88 Å². The second kappa shape index (κ2) is 6.66. The number of nitrogens with zero attached hydrogens (tertiary/aromatic N) is 2. The molecule has 0 amide bonds. The average molecular weight is 355 g/mol. The molecule has 1 atom stereocenters. The molecule has 132 valence electrons. The van der Waals surface area contributed by atoms with Crippen LogP contribution in [0.1, 0.15) is 25.7 Å². The number of hydrogen-bond acceptors (Lipinski definition) is 6. The van der Waals surface area contributed by atoms with Gasteiger partial charge < -0.3 is 9.64 Å². The average Bonchev–Trinajstić information content (AvgIpc) is 3.08. The highest BCUT2D eigenvalue weighted by Crippen LogP contribution is 2.37. The van der Waals surface area contributed by atoms with Crippen LogP contribution in [0.5, 0.6) is 0 Å². The van der Waals surface area contributed by atoms with Gasteiger partial charge in [-0.3, -0.25) is 10.1 Å². The number of hydrogen-bond donors (Lipinski definition) is 1. The molecule has 0 aliphatic carbocycles. The molecule has 0 saturated carbocycles. The van der Waals surface area contributed by atoms with E-state index in [1.165, 1.54) is 12.1 Å². The van der Waals surface area contributed by atoms with Crippen LogP contribution in [-0.4, -0.2) is 39.1 Å². The van der Waals surface area contributed by atoms with Gasteiger partial charge in [0.15, 0.2) is 4.90 Å². The predicted octanol–water partition coefficient (Wildman–Crippen LogP) is 1.64. The first-order valence-electron chi connectivity index (χ1n) is 8.04. The summed E-state index contributed by atoms with van der Waals surface area (Å²) in [6.07, 6.45) is 4.21. The quantitative estimate of drug-likeness (QED) is 0.648. The zero-order valence-electron chi connectivity index (χ0n) is 13.3. The van der Waals surface area contributed by atoms with E-state index < -0.39 is 25.5 Å². The molecular formula is C15H21N3O5S. The van der Waals surface area contributed by atoms with E-state index in [-0.39, 0.29) is 6.10 Å². The van der Waals surface area contributed by atoms with Crippen molar-refractivity contribution in [2.24, 2.45) is 11.1 Å². The minimum Gasteiger partial charge on any atom is -0.378 e. The molecular weight excluding hydrogens is 334 g/mol. The number of benzene rings is 1. The molecule has 2 aliphatic heterocycles. The van der Waals surface area contributed by atoms with Gasteiger partial charge in [0, 0.05) is 19.7 Å². The molecule has 9 heteroatoms. The monoisotopic (exact) mass is 355 g/mol. The highest BCUT2D eigenvalue weighted by atomic mass is 32.2. The van der Waals surface area contributed by atoms with Crippen LogP contribution in [0.15, 0.2) is 23.1 Å². The Balaban J connectivity index is 1.84. The number of ether oxygens (including phenoxy) is 1. The Morgan fingerprint density at radius 3 is 2.50 bits per heavy atom. The Kier molecular flexibility index (Phi) is 4.75. The van der Waals surface area contributed by atoms with Crippen LogP contribution in [0.3, 0.4) is 0 Å². The molecule has 2 heterocycles. The standard InChI is InChI=1S/C15H21N3O5S/c16-24(21,22)14-5-1-3-12(15(14)18(19)20)17-8-6-11(7-9-17)13-4-2-10-23-13/h1,3,5,11,13H,2,4,6-10H2,(H2,16,21,22). The molecule has 2 fully saturated rings. The van der Waals surface area contributed by atoms with Gasteiger partial charge in [0.2, 0.25) is 10.0 Å². The SMILES string of the molecule is NS(=O)(=O)c1cccc(N2CCC(C3CCCO3)CC2)c1[N+](=O)[O-]. The van der Waals surface area contributed by atoms with Gasteiger partial charge in [-0.05, 0) is 43.7 Å². The molecule has 2 aliphatic rings. The Bertz CT molecular complexity index is 723. The van der Waals surface area contributed by atoms with Crippen molar-refractivity contribution in [3.63, 3.8) is 0 Å². The van der Waals surface area contributed by atoms with Crippen molar-refractivity contribution >= 4 is 21.4 Å². The fraction of sp³-hybridized carbons (Fsp3) is 0.600. The minimum absolute atomic E-state index is 0.290. The highest BCUT2D eigenvalue weighted by Gasteiger charge is 2.33. The van der Waals surface area contributed by atoms with Crippen molar-refractivity contribution in [1.29, 1.82) is 0 Å². The zero-order chi connectivity index (χ0) is 17.3. The van der Waals surface area contributed by atoms with Crippen LogP contribution in [-0.2, 0) is 14.8 Å². The summed E-state index contributed by atoms with van der Waals surface area (Å²) in [5, 5.41) is 16.6. The second-order valence-electron chi connectivity index (χ2n) is 6.30. The van der Waals surface area contributed by atoms with Crippen LogP contribution < -0.4 is 10.0 Å². The number of nitro benzene ring substituents is 1. The Hall–Kier alpha value is -1.71. The number of nitro groups is 1. The first-order valence-corrected chi connectivity index (χ1v) is 9.59. The largest absolute Gasteiger partial charge is 0.378 e. The highest BCUT2D eigenvalue weighted by molar-refractivity contribution is 7.89. The summed E-state index contributed by atoms with van der Waals surface area (Å²) < 4.78 is 29.1. The topological polar surface area (TPSA) is 116 Å². The fourth-order valence-electron chi connectivity index (χ4n) is 3.67. The lowest BCUT2D eigenvalue weighted by Crippen LogP contribution is -2.38. The first kappa shape index (κ1) is 17.1. The Morgan fingerprint density at radius 2 is 1.96 bits per heavy atom. The predicted molar refractivity (Wildman–Crippen MR) is 88.4 cm³/mol. The third-order valence-corrected chi connectivity index (χ3v) is 5.78. The van der Waals surface area contributed by atoms with Gasteiger partial charge in [0.05, 0.1) is 11.0 Å². The van der Waals surface area contributed by atoms with E-state index in [2.05, 4.69) is 0 Å². The number of rotatable bonds is 4. The van der Waals surface area contributed by atoms with E-state index in [1.807, 2.05) is 4.90 Å². The van der Waals surface area contributed by atoms with Crippen LogP contribution in [0.4, 0.5) is 11.4 Å². The van der Waals surface area contributed by atoms with Crippen LogP contribution in [0.25, 0.3) is 0 Å². The van der Waals surface area contributed by atoms with Crippen molar-refractivity contribution < 1.29 is 18.1 Å². The van der Waals surface area contributed by atoms with Crippen LogP contribution in [0.2, 0.25) is 0 Å². The van der Waals surface area contributed by atoms with Gasteiger partial charge in [0.1, 0.15) is 5.69 Å². The van der Waals surface area contributed by atoms with E-state index >= 15 is 0 Å². The molecule has 1 aromatic rings. The molecule has 0 spiro atoms. The molecule has 1 unspecified atom stereocenters. The molecule has 1 aromatic carbocycles. The molecule has 0 aromatic heterocycles. The summed E-state index contributed by atoms with van der Waals surface area (Å²) in [6, 6.07) is 4.25. The molecule has 2 N–H and O–H groups in total. The molecule has 0 bridgehead atoms. The lowest BCUT2D eigenvalue weighted by Gasteiger charge is -2.35. The van der Waals surface area contributed by atoms with Crippen molar-refractivity contribution in [2.45, 2.75) is 36.7 Å². The Labute approximate surface area is 140 Å². The maximum Gasteiger partial charge on any atom is 0.312 e. The minimum atomic E-state index is -4.15. The maximum atomic E-state index is 11.7. The molecule has 3 rings (SSSR count). The van der Waals surface area contributed by atoms with Crippen LogP contribution >= 0.6 is 0 Å². The number of primary sulfonamides is 1. The number of para-hydroxylation sites is 1. The molecule has 8 nitrogen and oxygen atoms in total. The third kappa shape index (κ3) is 3.38. The summed E-state index contributed by atoms with van der Waals surface area (Å²) in [7, 11) is -4.15. The molecule has 0 radical (unpaired) electrons. The summed E-state index contributed by atoms with van der Waals surface area (Å²) in [4.78, 5) is 12.2. The van der Waals surface area contributed by atoms with E-state index in [0.717, 1.165) is 32.3 Å². The van der Waals surface area contributed by atoms with E-state index in [9.17, 15) is 18.5 Å².